The Bertz CT molecular complexity index is 420. The predicted molar refractivity (Wildman–Crippen MR) is 67.4 cm³/mol. The lowest BCUT2D eigenvalue weighted by molar-refractivity contribution is -0.00379. The summed E-state index contributed by atoms with van der Waals surface area (Å²) in [5.41, 5.74) is 7.39. The number of rotatable bonds is 1. The highest BCUT2D eigenvalue weighted by Gasteiger charge is 2.49. The van der Waals surface area contributed by atoms with E-state index in [0.29, 0.717) is 5.92 Å². The maximum atomic E-state index is 6.18. The maximum Gasteiger partial charge on any atom is 0.126 e. The van der Waals surface area contributed by atoms with Crippen molar-refractivity contribution in [1.29, 1.82) is 0 Å². The molecule has 1 heterocycles. The minimum Gasteiger partial charge on any atom is -0.384 e. The van der Waals surface area contributed by atoms with Crippen LogP contribution in [0.3, 0.4) is 0 Å². The molecule has 0 aliphatic heterocycles. The van der Waals surface area contributed by atoms with E-state index in [1.165, 1.54) is 37.8 Å². The summed E-state index contributed by atoms with van der Waals surface area (Å²) in [5, 5.41) is 0. The van der Waals surface area contributed by atoms with Gasteiger partial charge in [0.15, 0.2) is 0 Å². The Labute approximate surface area is 102 Å². The fourth-order valence-corrected chi connectivity index (χ4v) is 5.09. The molecule has 0 saturated heterocycles. The largest absolute Gasteiger partial charge is 0.384 e. The van der Waals surface area contributed by atoms with Crippen molar-refractivity contribution in [1.82, 2.24) is 9.55 Å². The average Bonchev–Trinajstić information content (AvgIpc) is 2.60. The van der Waals surface area contributed by atoms with Gasteiger partial charge in [0, 0.05) is 13.0 Å². The second-order valence-corrected chi connectivity index (χ2v) is 6.58. The zero-order valence-electron chi connectivity index (χ0n) is 10.5. The monoisotopic (exact) mass is 231 g/mol. The van der Waals surface area contributed by atoms with Gasteiger partial charge in [-0.3, -0.25) is 0 Å². The van der Waals surface area contributed by atoms with E-state index in [9.17, 15) is 0 Å². The third-order valence-electron chi connectivity index (χ3n) is 5.55. The molecule has 3 nitrogen and oxygen atoms in total. The van der Waals surface area contributed by atoms with Crippen LogP contribution < -0.4 is 5.73 Å². The standard InChI is InChI=1S/C14H21N3/c1-17-7-16-13(14(17)15)12-10-3-8-2-9(5-10)6-11(12)4-8/h7-12H,2-6,15H2,1H3. The summed E-state index contributed by atoms with van der Waals surface area (Å²) in [5.74, 6) is 5.38. The van der Waals surface area contributed by atoms with Gasteiger partial charge in [-0.25, -0.2) is 4.98 Å². The first-order chi connectivity index (χ1) is 8.22. The molecule has 0 atom stereocenters. The molecule has 0 amide bonds. The molecule has 17 heavy (non-hydrogen) atoms. The topological polar surface area (TPSA) is 43.8 Å². The van der Waals surface area contributed by atoms with Crippen molar-refractivity contribution in [3.8, 4) is 0 Å². The van der Waals surface area contributed by atoms with Gasteiger partial charge < -0.3 is 10.3 Å². The zero-order chi connectivity index (χ0) is 11.6. The van der Waals surface area contributed by atoms with Crippen LogP contribution >= 0.6 is 0 Å². The number of aromatic nitrogens is 2. The zero-order valence-corrected chi connectivity index (χ0v) is 10.5. The van der Waals surface area contributed by atoms with Crippen LogP contribution in [-0.2, 0) is 7.05 Å². The molecule has 1 aromatic rings. The number of nitrogen functional groups attached to an aromatic ring is 1. The quantitative estimate of drug-likeness (QED) is 0.807. The summed E-state index contributed by atoms with van der Waals surface area (Å²) in [6, 6.07) is 0. The van der Waals surface area contributed by atoms with Crippen LogP contribution in [0.4, 0.5) is 5.82 Å². The van der Waals surface area contributed by atoms with Crippen molar-refractivity contribution in [2.24, 2.45) is 30.7 Å². The highest BCUT2D eigenvalue weighted by molar-refractivity contribution is 5.39. The first-order valence-corrected chi connectivity index (χ1v) is 6.99. The number of aryl methyl sites for hydroxylation is 1. The summed E-state index contributed by atoms with van der Waals surface area (Å²) in [7, 11) is 2.00. The highest BCUT2D eigenvalue weighted by Crippen LogP contribution is 2.60. The SMILES string of the molecule is Cn1cnc(C2C3CC4CC(C3)CC2C4)c1N. The van der Waals surface area contributed by atoms with E-state index in [1.54, 1.807) is 0 Å². The molecule has 0 spiro atoms. The fourth-order valence-electron chi connectivity index (χ4n) is 5.09. The molecule has 4 aliphatic rings. The van der Waals surface area contributed by atoms with E-state index >= 15 is 0 Å². The molecule has 0 unspecified atom stereocenters. The molecule has 92 valence electrons. The molecule has 3 heteroatoms. The number of hydrogen-bond donors (Lipinski definition) is 1. The Morgan fingerprint density at radius 3 is 2.18 bits per heavy atom. The van der Waals surface area contributed by atoms with Gasteiger partial charge in [0.05, 0.1) is 12.0 Å². The normalized spacial score (nSPS) is 43.2. The number of hydrogen-bond acceptors (Lipinski definition) is 2. The number of nitrogens with two attached hydrogens (primary N) is 1. The van der Waals surface area contributed by atoms with Crippen LogP contribution in [0.5, 0.6) is 0 Å². The van der Waals surface area contributed by atoms with Gasteiger partial charge in [0.2, 0.25) is 0 Å². The van der Waals surface area contributed by atoms with Crippen molar-refractivity contribution in [3.05, 3.63) is 12.0 Å². The number of anilines is 1. The van der Waals surface area contributed by atoms with Crippen molar-refractivity contribution in [3.63, 3.8) is 0 Å². The molecule has 4 saturated carbocycles. The second-order valence-electron chi connectivity index (χ2n) is 6.58. The van der Waals surface area contributed by atoms with Gasteiger partial charge in [-0.1, -0.05) is 0 Å². The van der Waals surface area contributed by atoms with Crippen LogP contribution in [0.15, 0.2) is 6.33 Å². The summed E-state index contributed by atoms with van der Waals surface area (Å²) >= 11 is 0. The summed E-state index contributed by atoms with van der Waals surface area (Å²) in [6.45, 7) is 0. The van der Waals surface area contributed by atoms with Gasteiger partial charge in [0.25, 0.3) is 0 Å². The van der Waals surface area contributed by atoms with Crippen LogP contribution in [-0.4, -0.2) is 9.55 Å². The molecule has 5 rings (SSSR count). The van der Waals surface area contributed by atoms with Gasteiger partial charge >= 0.3 is 0 Å². The second kappa shape index (κ2) is 3.27. The molecule has 2 N–H and O–H groups in total. The maximum absolute atomic E-state index is 6.18. The molecular formula is C14H21N3. The van der Waals surface area contributed by atoms with Crippen LogP contribution in [0, 0.1) is 23.7 Å². The van der Waals surface area contributed by atoms with E-state index in [4.69, 9.17) is 5.73 Å². The summed E-state index contributed by atoms with van der Waals surface area (Å²) in [4.78, 5) is 4.60. The Morgan fingerprint density at radius 1 is 1.12 bits per heavy atom. The molecule has 4 fully saturated rings. The van der Waals surface area contributed by atoms with Crippen LogP contribution in [0.25, 0.3) is 0 Å². The number of nitrogens with zero attached hydrogens (tertiary/aromatic N) is 2. The average molecular weight is 231 g/mol. The van der Waals surface area contributed by atoms with Crippen molar-refractivity contribution in [2.45, 2.75) is 38.0 Å². The van der Waals surface area contributed by atoms with E-state index in [2.05, 4.69) is 4.98 Å². The van der Waals surface area contributed by atoms with Crippen LogP contribution in [0.1, 0.15) is 43.7 Å². The first kappa shape index (κ1) is 9.98. The Kier molecular flexibility index (Phi) is 1.92. The minimum absolute atomic E-state index is 0.670. The highest BCUT2D eigenvalue weighted by atomic mass is 15.1. The molecule has 4 bridgehead atoms. The lowest BCUT2D eigenvalue weighted by atomic mass is 9.51. The Balaban J connectivity index is 1.73. The van der Waals surface area contributed by atoms with Crippen LogP contribution in [0.2, 0.25) is 0 Å². The Morgan fingerprint density at radius 2 is 1.71 bits per heavy atom. The van der Waals surface area contributed by atoms with E-state index < -0.39 is 0 Å². The van der Waals surface area contributed by atoms with E-state index in [-0.39, 0.29) is 0 Å². The van der Waals surface area contributed by atoms with Gasteiger partial charge in [-0.05, 0) is 55.8 Å². The first-order valence-electron chi connectivity index (χ1n) is 6.99. The smallest absolute Gasteiger partial charge is 0.126 e. The van der Waals surface area contributed by atoms with Crippen molar-refractivity contribution < 1.29 is 0 Å². The summed E-state index contributed by atoms with van der Waals surface area (Å²) < 4.78 is 1.97. The fraction of sp³-hybridized carbons (Fsp3) is 0.786. The van der Waals surface area contributed by atoms with Gasteiger partial charge in [0.1, 0.15) is 5.82 Å². The third-order valence-corrected chi connectivity index (χ3v) is 5.55. The lowest BCUT2D eigenvalue weighted by Crippen LogP contribution is -2.44. The Hall–Kier alpha value is -0.990. The molecular weight excluding hydrogens is 210 g/mol. The van der Waals surface area contributed by atoms with Crippen molar-refractivity contribution >= 4 is 5.82 Å². The van der Waals surface area contributed by atoms with Gasteiger partial charge in [-0.15, -0.1) is 0 Å². The van der Waals surface area contributed by atoms with E-state index in [0.717, 1.165) is 29.5 Å². The third kappa shape index (κ3) is 1.31. The number of imidazole rings is 1. The molecule has 4 aliphatic carbocycles. The minimum atomic E-state index is 0.670. The molecule has 0 aromatic carbocycles. The molecule has 1 aromatic heterocycles. The van der Waals surface area contributed by atoms with E-state index in [1.807, 2.05) is 17.9 Å². The van der Waals surface area contributed by atoms with Gasteiger partial charge in [-0.2, -0.15) is 0 Å². The molecule has 0 radical (unpaired) electrons. The predicted octanol–water partition coefficient (Wildman–Crippen LogP) is 2.54. The lowest BCUT2D eigenvalue weighted by Gasteiger charge is -2.54. The van der Waals surface area contributed by atoms with Crippen molar-refractivity contribution in [2.75, 3.05) is 5.73 Å². The summed E-state index contributed by atoms with van der Waals surface area (Å²) in [6.07, 6.45) is 9.15.